The fraction of sp³-hybridized carbons (Fsp3) is 0.682. The highest BCUT2D eigenvalue weighted by molar-refractivity contribution is 5.78. The normalized spacial score (nSPS) is 19.8. The quantitative estimate of drug-likeness (QED) is 0.630. The second-order valence-corrected chi connectivity index (χ2v) is 8.50. The van der Waals surface area contributed by atoms with Crippen LogP contribution in [0.1, 0.15) is 20.3 Å². The van der Waals surface area contributed by atoms with Crippen molar-refractivity contribution in [2.24, 2.45) is 13.0 Å². The lowest BCUT2D eigenvalue weighted by Crippen LogP contribution is -2.50. The first-order chi connectivity index (χ1) is 15.1. The van der Waals surface area contributed by atoms with E-state index in [0.29, 0.717) is 12.5 Å². The van der Waals surface area contributed by atoms with Crippen molar-refractivity contribution in [3.8, 4) is 11.5 Å². The number of piperazine rings is 1. The van der Waals surface area contributed by atoms with Crippen molar-refractivity contribution in [3.05, 3.63) is 18.3 Å². The molecule has 0 spiro atoms. The first kappa shape index (κ1) is 21.8. The van der Waals surface area contributed by atoms with E-state index in [0.717, 1.165) is 82.9 Å². The molecular formula is C22H35N7O2. The largest absolute Gasteiger partial charge is 0.381 e. The molecule has 2 aliphatic heterocycles. The summed E-state index contributed by atoms with van der Waals surface area (Å²) in [6.45, 7) is 12.0. The molecule has 0 radical (unpaired) electrons. The van der Waals surface area contributed by atoms with E-state index in [1.165, 1.54) is 0 Å². The molecule has 4 heterocycles. The first-order valence-electron chi connectivity index (χ1n) is 11.5. The summed E-state index contributed by atoms with van der Waals surface area (Å²) < 4.78 is 9.98. The molecule has 1 atom stereocenters. The van der Waals surface area contributed by atoms with E-state index < -0.39 is 0 Å². The van der Waals surface area contributed by atoms with Gasteiger partial charge in [-0.15, -0.1) is 10.2 Å². The van der Waals surface area contributed by atoms with Crippen LogP contribution in [0.3, 0.4) is 0 Å². The summed E-state index contributed by atoms with van der Waals surface area (Å²) in [6.07, 6.45) is 3.11. The Kier molecular flexibility index (Phi) is 6.92. The monoisotopic (exact) mass is 429 g/mol. The van der Waals surface area contributed by atoms with Crippen LogP contribution in [0.15, 0.2) is 18.3 Å². The molecule has 0 aliphatic carbocycles. The second-order valence-electron chi connectivity index (χ2n) is 8.50. The zero-order chi connectivity index (χ0) is 21.8. The molecule has 2 aliphatic rings. The highest BCUT2D eigenvalue weighted by atomic mass is 16.5. The molecule has 2 saturated heterocycles. The Morgan fingerprint density at radius 2 is 1.97 bits per heavy atom. The Labute approximate surface area is 184 Å². The van der Waals surface area contributed by atoms with Crippen LogP contribution in [0, 0.1) is 5.92 Å². The van der Waals surface area contributed by atoms with Gasteiger partial charge in [0.15, 0.2) is 5.82 Å². The molecule has 0 saturated carbocycles. The van der Waals surface area contributed by atoms with Crippen molar-refractivity contribution in [1.82, 2.24) is 29.1 Å². The number of likely N-dealkylation sites (N-methyl/N-ethyl adjacent to an activating group) is 1. The number of anilines is 1. The lowest BCUT2D eigenvalue weighted by atomic mass is 10.1. The highest BCUT2D eigenvalue weighted by Crippen LogP contribution is 2.27. The lowest BCUT2D eigenvalue weighted by Gasteiger charge is -2.35. The molecule has 31 heavy (non-hydrogen) atoms. The fourth-order valence-electron chi connectivity index (χ4n) is 4.54. The molecule has 1 amide bonds. The van der Waals surface area contributed by atoms with E-state index in [-0.39, 0.29) is 5.91 Å². The molecule has 0 aromatic carbocycles. The zero-order valence-corrected chi connectivity index (χ0v) is 19.0. The molecule has 2 aromatic heterocycles. The molecule has 2 aromatic rings. The predicted molar refractivity (Wildman–Crippen MR) is 120 cm³/mol. The van der Waals surface area contributed by atoms with Crippen LogP contribution in [0.2, 0.25) is 0 Å². The maximum Gasteiger partial charge on any atom is 0.236 e. The van der Waals surface area contributed by atoms with E-state index in [9.17, 15) is 4.79 Å². The van der Waals surface area contributed by atoms with Gasteiger partial charge >= 0.3 is 0 Å². The maximum absolute atomic E-state index is 12.5. The van der Waals surface area contributed by atoms with Gasteiger partial charge < -0.3 is 19.1 Å². The molecule has 9 nitrogen and oxygen atoms in total. The number of aromatic nitrogens is 4. The van der Waals surface area contributed by atoms with E-state index in [1.807, 2.05) is 38.1 Å². The third-order valence-electron chi connectivity index (χ3n) is 6.50. The fourth-order valence-corrected chi connectivity index (χ4v) is 4.54. The van der Waals surface area contributed by atoms with E-state index in [2.05, 4.69) is 35.2 Å². The number of hydrogen-bond donors (Lipinski definition) is 0. The second kappa shape index (κ2) is 9.82. The van der Waals surface area contributed by atoms with Crippen LogP contribution in [0.4, 0.5) is 5.95 Å². The molecule has 2 fully saturated rings. The average Bonchev–Trinajstić information content (AvgIpc) is 3.52. The summed E-state index contributed by atoms with van der Waals surface area (Å²) in [5, 5.41) is 9.20. The summed E-state index contributed by atoms with van der Waals surface area (Å²) in [7, 11) is 2.04. The number of ether oxygens (including phenoxy) is 1. The molecule has 0 bridgehead atoms. The van der Waals surface area contributed by atoms with Gasteiger partial charge in [0.05, 0.1) is 18.8 Å². The zero-order valence-electron chi connectivity index (χ0n) is 19.0. The number of amides is 1. The minimum Gasteiger partial charge on any atom is -0.381 e. The lowest BCUT2D eigenvalue weighted by molar-refractivity contribution is -0.132. The van der Waals surface area contributed by atoms with Gasteiger partial charge in [0, 0.05) is 71.6 Å². The SMILES string of the molecule is CCN(CC)C(=O)CN1CCN(c2nnc(-c3cccn3C)n2C[C@@H]2CCOC2)CC1. The van der Waals surface area contributed by atoms with Crippen LogP contribution in [0.25, 0.3) is 11.5 Å². The van der Waals surface area contributed by atoms with Gasteiger partial charge in [0.25, 0.3) is 0 Å². The first-order valence-corrected chi connectivity index (χ1v) is 11.5. The maximum atomic E-state index is 12.5. The number of rotatable bonds is 8. The van der Waals surface area contributed by atoms with Crippen LogP contribution >= 0.6 is 0 Å². The minimum absolute atomic E-state index is 0.217. The van der Waals surface area contributed by atoms with Gasteiger partial charge in [-0.25, -0.2) is 0 Å². The predicted octanol–water partition coefficient (Wildman–Crippen LogP) is 1.31. The van der Waals surface area contributed by atoms with E-state index in [4.69, 9.17) is 4.74 Å². The van der Waals surface area contributed by atoms with Crippen LogP contribution in [-0.4, -0.2) is 94.1 Å². The van der Waals surface area contributed by atoms with Crippen molar-refractivity contribution < 1.29 is 9.53 Å². The number of nitrogens with zero attached hydrogens (tertiary/aromatic N) is 7. The van der Waals surface area contributed by atoms with Crippen LogP contribution < -0.4 is 4.90 Å². The summed E-state index contributed by atoms with van der Waals surface area (Å²) in [6, 6.07) is 4.13. The van der Waals surface area contributed by atoms with Crippen LogP contribution in [0.5, 0.6) is 0 Å². The van der Waals surface area contributed by atoms with Crippen molar-refractivity contribution >= 4 is 11.9 Å². The Hall–Kier alpha value is -2.39. The summed E-state index contributed by atoms with van der Waals surface area (Å²) in [5.74, 6) is 2.54. The smallest absolute Gasteiger partial charge is 0.236 e. The topological polar surface area (TPSA) is 71.7 Å². The molecule has 170 valence electrons. The number of hydrogen-bond acceptors (Lipinski definition) is 6. The van der Waals surface area contributed by atoms with Gasteiger partial charge in [0.2, 0.25) is 11.9 Å². The molecule has 0 N–H and O–H groups in total. The van der Waals surface area contributed by atoms with Crippen molar-refractivity contribution in [1.29, 1.82) is 0 Å². The third-order valence-corrected chi connectivity index (χ3v) is 6.50. The number of carbonyl (C=O) groups is 1. The Bertz CT molecular complexity index is 859. The standard InChI is InChI=1S/C22H35N7O2/c1-4-27(5-2)20(30)16-26-10-12-28(13-11-26)22-24-23-21(19-7-6-9-25(19)3)29(22)15-18-8-14-31-17-18/h6-7,9,18H,4-5,8,10-17H2,1-3H3/t18-/m0/s1. The van der Waals surface area contributed by atoms with Gasteiger partial charge in [-0.05, 0) is 32.4 Å². The number of carbonyl (C=O) groups excluding carboxylic acids is 1. The van der Waals surface area contributed by atoms with Gasteiger partial charge in [-0.3, -0.25) is 14.3 Å². The Morgan fingerprint density at radius 3 is 2.58 bits per heavy atom. The molecule has 9 heteroatoms. The average molecular weight is 430 g/mol. The minimum atomic E-state index is 0.217. The Morgan fingerprint density at radius 1 is 1.19 bits per heavy atom. The van der Waals surface area contributed by atoms with Gasteiger partial charge in [-0.1, -0.05) is 0 Å². The van der Waals surface area contributed by atoms with Crippen molar-refractivity contribution in [2.45, 2.75) is 26.8 Å². The van der Waals surface area contributed by atoms with Gasteiger partial charge in [-0.2, -0.15) is 0 Å². The molecule has 0 unspecified atom stereocenters. The number of aryl methyl sites for hydroxylation is 1. The summed E-state index contributed by atoms with van der Waals surface area (Å²) in [4.78, 5) is 18.9. The van der Waals surface area contributed by atoms with E-state index >= 15 is 0 Å². The van der Waals surface area contributed by atoms with Crippen molar-refractivity contribution in [3.63, 3.8) is 0 Å². The van der Waals surface area contributed by atoms with E-state index in [1.54, 1.807) is 0 Å². The summed E-state index contributed by atoms with van der Waals surface area (Å²) in [5.41, 5.74) is 1.07. The third kappa shape index (κ3) is 4.77. The summed E-state index contributed by atoms with van der Waals surface area (Å²) >= 11 is 0. The Balaban J connectivity index is 1.47. The van der Waals surface area contributed by atoms with Gasteiger partial charge in [0.1, 0.15) is 0 Å². The van der Waals surface area contributed by atoms with Crippen LogP contribution in [-0.2, 0) is 23.1 Å². The molecular weight excluding hydrogens is 394 g/mol. The highest BCUT2D eigenvalue weighted by Gasteiger charge is 2.28. The van der Waals surface area contributed by atoms with Crippen molar-refractivity contribution in [2.75, 3.05) is 63.9 Å². The molecule has 4 rings (SSSR count).